The predicted molar refractivity (Wildman–Crippen MR) is 98.9 cm³/mol. The van der Waals surface area contributed by atoms with Crippen LogP contribution >= 0.6 is 0 Å². The highest BCUT2D eigenvalue weighted by Crippen LogP contribution is 2.38. The molecule has 3 heteroatoms. The molecule has 3 rings (SSSR count). The minimum absolute atomic E-state index is 0.491. The second kappa shape index (κ2) is 7.06. The topological polar surface area (TPSA) is 34.2 Å². The highest BCUT2D eigenvalue weighted by atomic mass is 15.1. The highest BCUT2D eigenvalue weighted by Gasteiger charge is 2.29. The van der Waals surface area contributed by atoms with Crippen LogP contribution in [0.1, 0.15) is 43.4 Å². The zero-order chi connectivity index (χ0) is 16.4. The van der Waals surface area contributed by atoms with Crippen molar-refractivity contribution < 1.29 is 0 Å². The Hall–Kier alpha value is -1.32. The fourth-order valence-electron chi connectivity index (χ4n) is 4.46. The van der Waals surface area contributed by atoms with Gasteiger partial charge in [-0.25, -0.2) is 0 Å². The van der Waals surface area contributed by atoms with Crippen molar-refractivity contribution in [2.45, 2.75) is 39.0 Å². The lowest BCUT2D eigenvalue weighted by molar-refractivity contribution is 0.169. The van der Waals surface area contributed by atoms with Crippen molar-refractivity contribution in [1.82, 2.24) is 9.47 Å². The van der Waals surface area contributed by atoms with E-state index in [1.165, 1.54) is 61.1 Å². The van der Waals surface area contributed by atoms with Crippen molar-refractivity contribution >= 4 is 10.9 Å². The fraction of sp³-hybridized carbons (Fsp3) is 0.600. The van der Waals surface area contributed by atoms with Crippen molar-refractivity contribution in [1.29, 1.82) is 0 Å². The second-order valence-electron chi connectivity index (χ2n) is 7.10. The van der Waals surface area contributed by atoms with Gasteiger partial charge < -0.3 is 15.2 Å². The Kier molecular flexibility index (Phi) is 5.08. The first-order valence-corrected chi connectivity index (χ1v) is 9.13. The molecule has 0 amide bonds. The van der Waals surface area contributed by atoms with Crippen LogP contribution in [0.3, 0.4) is 0 Å². The summed E-state index contributed by atoms with van der Waals surface area (Å²) in [6.07, 6.45) is 3.82. The van der Waals surface area contributed by atoms with Crippen LogP contribution in [0.2, 0.25) is 0 Å². The largest absolute Gasteiger partial charge is 0.348 e. The first-order chi connectivity index (χ1) is 11.2. The molecule has 1 atom stereocenters. The summed E-state index contributed by atoms with van der Waals surface area (Å²) in [5.41, 5.74) is 10.5. The van der Waals surface area contributed by atoms with Gasteiger partial charge in [-0.05, 0) is 69.9 Å². The average molecular weight is 313 g/mol. The van der Waals surface area contributed by atoms with E-state index in [0.717, 1.165) is 12.5 Å². The van der Waals surface area contributed by atoms with Crippen molar-refractivity contribution in [3.8, 4) is 0 Å². The van der Waals surface area contributed by atoms with Gasteiger partial charge in [0.1, 0.15) is 0 Å². The Balaban J connectivity index is 1.89. The number of hydrogen-bond donors (Lipinski definition) is 1. The number of aromatic nitrogens is 1. The Morgan fingerprint density at radius 2 is 1.91 bits per heavy atom. The van der Waals surface area contributed by atoms with Gasteiger partial charge >= 0.3 is 0 Å². The summed E-state index contributed by atoms with van der Waals surface area (Å²) in [7, 11) is 2.18. The third-order valence-electron chi connectivity index (χ3n) is 5.81. The van der Waals surface area contributed by atoms with Gasteiger partial charge in [-0.1, -0.05) is 25.1 Å². The normalized spacial score (nSPS) is 18.6. The van der Waals surface area contributed by atoms with Crippen LogP contribution in [0.25, 0.3) is 10.9 Å². The lowest BCUT2D eigenvalue weighted by atomic mass is 9.79. The lowest BCUT2D eigenvalue weighted by Gasteiger charge is -2.36. The van der Waals surface area contributed by atoms with E-state index < -0.39 is 0 Å². The minimum Gasteiger partial charge on any atom is -0.348 e. The standard InChI is InChI=1S/C20H31N3/c1-4-11-23-12-9-16(10-13-23)18(14-21)20-15(2)22(3)19-8-6-5-7-17(19)20/h5-8,16,18H,4,9-14,21H2,1-3H3. The van der Waals surface area contributed by atoms with E-state index in [4.69, 9.17) is 5.73 Å². The highest BCUT2D eigenvalue weighted by molar-refractivity contribution is 5.86. The van der Waals surface area contributed by atoms with Gasteiger partial charge in [0.05, 0.1) is 0 Å². The molecule has 0 radical (unpaired) electrons. The summed E-state index contributed by atoms with van der Waals surface area (Å²) in [5.74, 6) is 1.21. The van der Waals surface area contributed by atoms with Gasteiger partial charge in [0.25, 0.3) is 0 Å². The molecule has 3 nitrogen and oxygen atoms in total. The number of rotatable bonds is 5. The average Bonchev–Trinajstić information content (AvgIpc) is 2.83. The number of benzene rings is 1. The van der Waals surface area contributed by atoms with E-state index in [0.29, 0.717) is 5.92 Å². The Morgan fingerprint density at radius 1 is 1.22 bits per heavy atom. The van der Waals surface area contributed by atoms with Crippen LogP contribution in [0, 0.1) is 12.8 Å². The minimum atomic E-state index is 0.491. The molecule has 1 unspecified atom stereocenters. The van der Waals surface area contributed by atoms with Gasteiger partial charge in [0.2, 0.25) is 0 Å². The number of para-hydroxylation sites is 1. The van der Waals surface area contributed by atoms with E-state index in [1.54, 1.807) is 0 Å². The summed E-state index contributed by atoms with van der Waals surface area (Å²) in [5, 5.41) is 1.40. The molecule has 0 bridgehead atoms. The molecule has 1 saturated heterocycles. The van der Waals surface area contributed by atoms with Gasteiger partial charge in [-0.3, -0.25) is 0 Å². The number of hydrogen-bond acceptors (Lipinski definition) is 2. The maximum atomic E-state index is 6.28. The first-order valence-electron chi connectivity index (χ1n) is 9.13. The monoisotopic (exact) mass is 313 g/mol. The molecule has 1 fully saturated rings. The Labute approximate surface area is 140 Å². The molecule has 126 valence electrons. The Morgan fingerprint density at radius 3 is 2.57 bits per heavy atom. The molecule has 0 saturated carbocycles. The van der Waals surface area contributed by atoms with Crippen molar-refractivity contribution in [2.75, 3.05) is 26.2 Å². The molecule has 2 aromatic rings. The molecule has 23 heavy (non-hydrogen) atoms. The number of piperidine rings is 1. The molecule has 2 heterocycles. The fourth-order valence-corrected chi connectivity index (χ4v) is 4.46. The SMILES string of the molecule is CCCN1CCC(C(CN)c2c(C)n(C)c3ccccc23)CC1. The van der Waals surface area contributed by atoms with Crippen LogP contribution in [0.5, 0.6) is 0 Å². The molecule has 2 N–H and O–H groups in total. The molecule has 1 aromatic heterocycles. The number of fused-ring (bicyclic) bond motifs is 1. The van der Waals surface area contributed by atoms with Crippen LogP contribution in [-0.4, -0.2) is 35.6 Å². The van der Waals surface area contributed by atoms with Gasteiger partial charge in [0, 0.05) is 29.6 Å². The number of nitrogens with two attached hydrogens (primary N) is 1. The smallest absolute Gasteiger partial charge is 0.0482 e. The van der Waals surface area contributed by atoms with E-state index >= 15 is 0 Å². The van der Waals surface area contributed by atoms with E-state index in [1.807, 2.05) is 0 Å². The number of likely N-dealkylation sites (tertiary alicyclic amines) is 1. The third-order valence-corrected chi connectivity index (χ3v) is 5.81. The maximum Gasteiger partial charge on any atom is 0.0482 e. The molecule has 1 aromatic carbocycles. The molecule has 1 aliphatic heterocycles. The zero-order valence-corrected chi connectivity index (χ0v) is 14.9. The summed E-state index contributed by atoms with van der Waals surface area (Å²) < 4.78 is 2.33. The van der Waals surface area contributed by atoms with Gasteiger partial charge in [0.15, 0.2) is 0 Å². The Bertz CT molecular complexity index is 650. The molecular formula is C20H31N3. The van der Waals surface area contributed by atoms with Gasteiger partial charge in [-0.2, -0.15) is 0 Å². The van der Waals surface area contributed by atoms with Crippen molar-refractivity contribution in [3.05, 3.63) is 35.5 Å². The van der Waals surface area contributed by atoms with Crippen molar-refractivity contribution in [3.63, 3.8) is 0 Å². The second-order valence-corrected chi connectivity index (χ2v) is 7.10. The quantitative estimate of drug-likeness (QED) is 0.914. The molecule has 0 aliphatic carbocycles. The molecular weight excluding hydrogens is 282 g/mol. The summed E-state index contributed by atoms with van der Waals surface area (Å²) in [6.45, 7) is 9.00. The summed E-state index contributed by atoms with van der Waals surface area (Å²) >= 11 is 0. The lowest BCUT2D eigenvalue weighted by Crippen LogP contribution is -2.37. The van der Waals surface area contributed by atoms with Crippen LogP contribution in [-0.2, 0) is 7.05 Å². The summed E-state index contributed by atoms with van der Waals surface area (Å²) in [6, 6.07) is 8.78. The first kappa shape index (κ1) is 16.5. The van der Waals surface area contributed by atoms with E-state index in [9.17, 15) is 0 Å². The number of aryl methyl sites for hydroxylation is 1. The molecule has 1 aliphatic rings. The van der Waals surface area contributed by atoms with E-state index in [2.05, 4.69) is 54.6 Å². The zero-order valence-electron chi connectivity index (χ0n) is 14.9. The number of nitrogens with zero attached hydrogens (tertiary/aromatic N) is 2. The summed E-state index contributed by atoms with van der Waals surface area (Å²) in [4.78, 5) is 2.61. The third kappa shape index (κ3) is 3.05. The van der Waals surface area contributed by atoms with Crippen LogP contribution < -0.4 is 5.73 Å². The van der Waals surface area contributed by atoms with Gasteiger partial charge in [-0.15, -0.1) is 0 Å². The van der Waals surface area contributed by atoms with Crippen LogP contribution in [0.4, 0.5) is 0 Å². The predicted octanol–water partition coefficient (Wildman–Crippen LogP) is 3.65. The maximum absolute atomic E-state index is 6.28. The van der Waals surface area contributed by atoms with Crippen molar-refractivity contribution in [2.24, 2.45) is 18.7 Å². The van der Waals surface area contributed by atoms with E-state index in [-0.39, 0.29) is 0 Å². The van der Waals surface area contributed by atoms with Crippen LogP contribution in [0.15, 0.2) is 24.3 Å². The molecule has 0 spiro atoms.